The molecule has 7 nitrogen and oxygen atoms in total. The van der Waals surface area contributed by atoms with Crippen molar-refractivity contribution in [1.29, 1.82) is 0 Å². The van der Waals surface area contributed by atoms with Crippen LogP contribution in [0.3, 0.4) is 0 Å². The molecule has 0 spiro atoms. The quantitative estimate of drug-likeness (QED) is 0.297. The fourth-order valence-electron chi connectivity index (χ4n) is 3.39. The van der Waals surface area contributed by atoms with Gasteiger partial charge in [0.15, 0.2) is 0 Å². The van der Waals surface area contributed by atoms with Crippen LogP contribution < -0.4 is 14.8 Å². The summed E-state index contributed by atoms with van der Waals surface area (Å²) in [5.74, 6) is 0.318. The van der Waals surface area contributed by atoms with Gasteiger partial charge in [0.25, 0.3) is 11.1 Å². The summed E-state index contributed by atoms with van der Waals surface area (Å²) in [4.78, 5) is 38.8. The van der Waals surface area contributed by atoms with E-state index in [-0.39, 0.29) is 11.4 Å². The number of anilines is 1. The Balaban J connectivity index is 1.33. The Labute approximate surface area is 228 Å². The Morgan fingerprint density at radius 2 is 1.62 bits per heavy atom. The molecule has 0 aromatic heterocycles. The van der Waals surface area contributed by atoms with Gasteiger partial charge in [0, 0.05) is 5.69 Å². The third-order valence-corrected chi connectivity index (χ3v) is 6.84. The summed E-state index contributed by atoms with van der Waals surface area (Å²) in [6.07, 6.45) is 1.61. The normalized spacial score (nSPS) is 14.2. The molecule has 0 atom stereocenters. The van der Waals surface area contributed by atoms with Crippen molar-refractivity contribution in [1.82, 2.24) is 4.90 Å². The number of amides is 3. The van der Waals surface area contributed by atoms with E-state index in [1.807, 2.05) is 13.0 Å². The van der Waals surface area contributed by atoms with E-state index in [0.717, 1.165) is 22.2 Å². The number of ether oxygens (including phenoxy) is 2. The van der Waals surface area contributed by atoms with Crippen LogP contribution in [0.5, 0.6) is 11.5 Å². The fourth-order valence-corrected chi connectivity index (χ4v) is 4.55. The number of benzene rings is 3. The zero-order valence-electron chi connectivity index (χ0n) is 19.7. The van der Waals surface area contributed by atoms with Crippen LogP contribution in [0.2, 0.25) is 10.0 Å². The molecule has 3 aromatic carbocycles. The predicted octanol–water partition coefficient (Wildman–Crippen LogP) is 6.65. The van der Waals surface area contributed by atoms with Crippen LogP contribution in [-0.4, -0.2) is 35.1 Å². The van der Waals surface area contributed by atoms with E-state index in [9.17, 15) is 14.4 Å². The summed E-state index contributed by atoms with van der Waals surface area (Å²) >= 11 is 12.8. The Morgan fingerprint density at radius 3 is 2.30 bits per heavy atom. The standard InChI is InChI=1S/C27H22Cl2N2O5S/c1-2-35-20-10-6-19(7-11-20)30-25(32)15-31-26(33)24(37-27(31)34)14-17-3-8-21(9-4-17)36-16-18-5-12-22(28)23(29)13-18/h3-14H,2,15-16H2,1H3,(H,30,32)/b24-14+. The van der Waals surface area contributed by atoms with Gasteiger partial charge in [-0.3, -0.25) is 19.3 Å². The minimum atomic E-state index is -0.517. The number of nitrogens with zero attached hydrogens (tertiary/aromatic N) is 1. The highest BCUT2D eigenvalue weighted by molar-refractivity contribution is 8.18. The average molecular weight is 557 g/mol. The van der Waals surface area contributed by atoms with E-state index in [0.29, 0.717) is 46.0 Å². The molecule has 1 N–H and O–H groups in total. The number of nitrogens with one attached hydrogen (secondary N) is 1. The van der Waals surface area contributed by atoms with Gasteiger partial charge in [-0.2, -0.15) is 0 Å². The van der Waals surface area contributed by atoms with Gasteiger partial charge in [0.2, 0.25) is 5.91 Å². The first-order chi connectivity index (χ1) is 17.8. The van der Waals surface area contributed by atoms with E-state index >= 15 is 0 Å². The second-order valence-corrected chi connectivity index (χ2v) is 9.69. The molecule has 1 heterocycles. The van der Waals surface area contributed by atoms with Crippen molar-refractivity contribution < 1.29 is 23.9 Å². The van der Waals surface area contributed by atoms with Crippen LogP contribution >= 0.6 is 35.0 Å². The van der Waals surface area contributed by atoms with Crippen LogP contribution in [0.25, 0.3) is 6.08 Å². The number of carbonyl (C=O) groups is 3. The molecule has 0 unspecified atom stereocenters. The van der Waals surface area contributed by atoms with Crippen LogP contribution in [-0.2, 0) is 16.2 Å². The minimum absolute atomic E-state index is 0.239. The number of hydrogen-bond donors (Lipinski definition) is 1. The van der Waals surface area contributed by atoms with E-state index in [4.69, 9.17) is 32.7 Å². The van der Waals surface area contributed by atoms with Crippen molar-refractivity contribution in [3.05, 3.63) is 92.8 Å². The highest BCUT2D eigenvalue weighted by atomic mass is 35.5. The Hall–Kier alpha value is -3.46. The molecule has 1 aliphatic rings. The second-order valence-electron chi connectivity index (χ2n) is 7.88. The average Bonchev–Trinajstić information content (AvgIpc) is 3.14. The zero-order chi connectivity index (χ0) is 26.4. The number of hydrogen-bond acceptors (Lipinski definition) is 6. The largest absolute Gasteiger partial charge is 0.494 e. The number of thioether (sulfide) groups is 1. The van der Waals surface area contributed by atoms with Crippen molar-refractivity contribution in [2.75, 3.05) is 18.5 Å². The van der Waals surface area contributed by atoms with Gasteiger partial charge >= 0.3 is 0 Å². The lowest BCUT2D eigenvalue weighted by atomic mass is 10.2. The topological polar surface area (TPSA) is 84.9 Å². The van der Waals surface area contributed by atoms with E-state index in [1.54, 1.807) is 66.7 Å². The molecule has 190 valence electrons. The van der Waals surface area contributed by atoms with Gasteiger partial charge in [0.1, 0.15) is 24.7 Å². The number of halogens is 2. The molecule has 1 saturated heterocycles. The van der Waals surface area contributed by atoms with Crippen LogP contribution in [0, 0.1) is 0 Å². The molecule has 0 saturated carbocycles. The van der Waals surface area contributed by atoms with Crippen LogP contribution in [0.4, 0.5) is 10.5 Å². The highest BCUT2D eigenvalue weighted by Crippen LogP contribution is 2.32. The zero-order valence-corrected chi connectivity index (χ0v) is 22.0. The van der Waals surface area contributed by atoms with Crippen LogP contribution in [0.15, 0.2) is 71.6 Å². The summed E-state index contributed by atoms with van der Waals surface area (Å²) in [5.41, 5.74) is 2.13. The minimum Gasteiger partial charge on any atom is -0.494 e. The van der Waals surface area contributed by atoms with Gasteiger partial charge in [-0.1, -0.05) is 41.4 Å². The maximum atomic E-state index is 12.8. The summed E-state index contributed by atoms with van der Waals surface area (Å²) < 4.78 is 11.1. The number of rotatable bonds is 9. The lowest BCUT2D eigenvalue weighted by Crippen LogP contribution is -2.36. The molecule has 0 aliphatic carbocycles. The second kappa shape index (κ2) is 12.2. The predicted molar refractivity (Wildman–Crippen MR) is 146 cm³/mol. The molecule has 1 aliphatic heterocycles. The van der Waals surface area contributed by atoms with Gasteiger partial charge < -0.3 is 14.8 Å². The van der Waals surface area contributed by atoms with Gasteiger partial charge in [0.05, 0.1) is 21.6 Å². The van der Waals surface area contributed by atoms with Crippen molar-refractivity contribution in [3.8, 4) is 11.5 Å². The van der Waals surface area contributed by atoms with E-state index < -0.39 is 17.1 Å². The molecule has 1 fully saturated rings. The lowest BCUT2D eigenvalue weighted by Gasteiger charge is -2.12. The van der Waals surface area contributed by atoms with Crippen LogP contribution in [0.1, 0.15) is 18.1 Å². The molecule has 0 radical (unpaired) electrons. The Kier molecular flexibility index (Phi) is 8.76. The first-order valence-electron chi connectivity index (χ1n) is 11.3. The third kappa shape index (κ3) is 7.07. The Morgan fingerprint density at radius 1 is 0.946 bits per heavy atom. The molecule has 0 bridgehead atoms. The van der Waals surface area contributed by atoms with Crippen molar-refractivity contribution in [3.63, 3.8) is 0 Å². The molecule has 4 rings (SSSR count). The van der Waals surface area contributed by atoms with Gasteiger partial charge in [-0.05, 0) is 84.4 Å². The third-order valence-electron chi connectivity index (χ3n) is 5.19. The SMILES string of the molecule is CCOc1ccc(NC(=O)CN2C(=O)S/C(=C/c3ccc(OCc4ccc(Cl)c(Cl)c4)cc3)C2=O)cc1. The summed E-state index contributed by atoms with van der Waals surface area (Å²) in [6, 6.07) is 19.2. The monoisotopic (exact) mass is 556 g/mol. The van der Waals surface area contributed by atoms with Crippen molar-refractivity contribution in [2.24, 2.45) is 0 Å². The molecular formula is C27H22Cl2N2O5S. The molecule has 3 aromatic rings. The van der Waals surface area contributed by atoms with Crippen molar-refractivity contribution >= 4 is 63.8 Å². The Bertz CT molecular complexity index is 1340. The molecule has 37 heavy (non-hydrogen) atoms. The summed E-state index contributed by atoms with van der Waals surface area (Å²) in [6.45, 7) is 2.35. The van der Waals surface area contributed by atoms with Gasteiger partial charge in [-0.25, -0.2) is 0 Å². The number of carbonyl (C=O) groups excluding carboxylic acids is 3. The fraction of sp³-hybridized carbons (Fsp3) is 0.148. The highest BCUT2D eigenvalue weighted by Gasteiger charge is 2.36. The maximum Gasteiger partial charge on any atom is 0.294 e. The van der Waals surface area contributed by atoms with Gasteiger partial charge in [-0.15, -0.1) is 0 Å². The number of imide groups is 1. The summed E-state index contributed by atoms with van der Waals surface area (Å²) in [5, 5.41) is 3.12. The summed E-state index contributed by atoms with van der Waals surface area (Å²) in [7, 11) is 0. The van der Waals surface area contributed by atoms with Crippen molar-refractivity contribution in [2.45, 2.75) is 13.5 Å². The molecule has 3 amide bonds. The lowest BCUT2D eigenvalue weighted by molar-refractivity contribution is -0.127. The molecule has 10 heteroatoms. The first-order valence-corrected chi connectivity index (χ1v) is 12.8. The smallest absolute Gasteiger partial charge is 0.294 e. The molecular weight excluding hydrogens is 535 g/mol. The maximum absolute atomic E-state index is 12.8. The first kappa shape index (κ1) is 26.6. The van der Waals surface area contributed by atoms with E-state index in [2.05, 4.69) is 5.32 Å². The van der Waals surface area contributed by atoms with E-state index in [1.165, 1.54) is 0 Å².